The maximum atomic E-state index is 13.5. The molecule has 0 fully saturated rings. The molecule has 0 saturated carbocycles. The monoisotopic (exact) mass is 1570 g/mol. The average molecular weight is 1570 g/mol. The molecule has 0 bridgehead atoms. The summed E-state index contributed by atoms with van der Waals surface area (Å²) < 4.78 is 75.6. The molecule has 47 heteroatoms. The van der Waals surface area contributed by atoms with Gasteiger partial charge in [0.2, 0.25) is 46.6 Å². The van der Waals surface area contributed by atoms with Gasteiger partial charge >= 0.3 is 5.97 Å². The van der Waals surface area contributed by atoms with Crippen LogP contribution in [0, 0.1) is 36.0 Å². The van der Waals surface area contributed by atoms with Crippen LogP contribution in [0.25, 0.3) is 11.4 Å². The second kappa shape index (κ2) is 39.7. The van der Waals surface area contributed by atoms with Gasteiger partial charge in [-0.2, -0.15) is 8.78 Å². The highest BCUT2D eigenvalue weighted by Crippen LogP contribution is 3.39. The lowest BCUT2D eigenvalue weighted by Crippen LogP contribution is -2.29. The Labute approximate surface area is 460 Å². The van der Waals surface area contributed by atoms with E-state index in [-0.39, 0.29) is 137 Å². The minimum Gasteiger partial charge on any atom is -0.420 e. The fourth-order valence-corrected chi connectivity index (χ4v) is 445. The summed E-state index contributed by atoms with van der Waals surface area (Å²) in [5.74, 6) is -13.8. The summed E-state index contributed by atoms with van der Waals surface area (Å²) in [6.07, 6.45) is -0.449. The molecule has 0 aliphatic rings. The third kappa shape index (κ3) is 25.5. The first-order valence-corrected chi connectivity index (χ1v) is 77.4. The minimum atomic E-state index is -2.36. The van der Waals surface area contributed by atoms with Crippen molar-refractivity contribution >= 4 is 276 Å². The zero-order chi connectivity index (χ0) is 52.6. The zero-order valence-corrected chi connectivity index (χ0v) is 69.7. The van der Waals surface area contributed by atoms with Gasteiger partial charge < -0.3 is 14.8 Å². The van der Waals surface area contributed by atoms with Crippen molar-refractivity contribution in [2.45, 2.75) is 19.8 Å². The molecule has 21 atom stereocenters. The van der Waals surface area contributed by atoms with Crippen LogP contribution in [0.3, 0.4) is 0 Å². The topological polar surface area (TPSA) is 116 Å². The fraction of sp³-hybridized carbons (Fsp3) is 0.273. The number of hydrogen-bond donors (Lipinski definition) is 1. The van der Waals surface area contributed by atoms with Crippen molar-refractivity contribution in [1.29, 1.82) is 0 Å². The van der Waals surface area contributed by atoms with Gasteiger partial charge in [-0.25, -0.2) is 13.2 Å². The molecule has 21 unspecified atom stereocenters. The number of halogens is 5. The molecule has 3 rings (SSSR count). The maximum Gasteiger partial charge on any atom is 0.313 e. The Hall–Kier alpha value is 10.1. The molecule has 69 heavy (non-hydrogen) atoms. The number of esters is 1. The molecule has 9 nitrogen and oxygen atoms in total. The van der Waals surface area contributed by atoms with Crippen molar-refractivity contribution in [2.24, 2.45) is 0 Å². The second-order valence-corrected chi connectivity index (χ2v) is 144. The SMILES string of the molecule is Cc1nnc(-c2ccc(CC(=O)NCCOCCC(=O)Oc3c(F)c(F)c(F)c(F)c3F)cc2)nn1.PPP(P(P)P)P(P(P)P)P(P(P(P)P)P(P)P)P(P(P(P)P)P(P)P)P(P(P)P)P(P)P. The number of ether oxygens (including phenoxy) is 2. The molecular formula is C22H53F5N5O4P33. The van der Waals surface area contributed by atoms with E-state index >= 15 is 0 Å². The molecular weight excluding hydrogens is 1520 g/mol. The zero-order valence-electron chi connectivity index (χ0n) is 35.7. The number of amides is 1. The number of aromatic nitrogens is 4. The fourth-order valence-electron chi connectivity index (χ4n) is 4.59. The van der Waals surface area contributed by atoms with E-state index in [1.165, 1.54) is 0 Å². The largest absolute Gasteiger partial charge is 0.420 e. The molecule has 1 aromatic heterocycles. The van der Waals surface area contributed by atoms with Crippen LogP contribution >= 0.6 is 265 Å². The first kappa shape index (κ1) is 75.2. The van der Waals surface area contributed by atoms with Crippen LogP contribution in [0.15, 0.2) is 24.3 Å². The molecule has 3 aromatic rings. The smallest absolute Gasteiger partial charge is 0.313 e. The van der Waals surface area contributed by atoms with Crippen molar-refractivity contribution in [3.63, 3.8) is 0 Å². The van der Waals surface area contributed by atoms with Gasteiger partial charge in [-0.3, -0.25) is 9.59 Å². The summed E-state index contributed by atoms with van der Waals surface area (Å²) in [7, 11) is 57.5. The van der Waals surface area contributed by atoms with Gasteiger partial charge in [0.05, 0.1) is 26.1 Å². The Bertz CT molecular complexity index is 1990. The van der Waals surface area contributed by atoms with E-state index in [2.05, 4.69) is 182 Å². The number of benzene rings is 2. The number of carbonyl (C=O) groups is 2. The van der Waals surface area contributed by atoms with Crippen molar-refractivity contribution in [1.82, 2.24) is 25.7 Å². The Kier molecular flexibility index (Phi) is 43.3. The van der Waals surface area contributed by atoms with E-state index in [4.69, 9.17) is 4.74 Å². The van der Waals surface area contributed by atoms with Crippen molar-refractivity contribution in [3.8, 4) is 17.1 Å². The summed E-state index contributed by atoms with van der Waals surface area (Å²) in [4.78, 5) is 23.7. The lowest BCUT2D eigenvalue weighted by molar-refractivity contribution is -0.136. The van der Waals surface area contributed by atoms with E-state index in [1.54, 1.807) is 31.2 Å². The quantitative estimate of drug-likeness (QED) is 0.0170. The maximum absolute atomic E-state index is 13.5. The van der Waals surface area contributed by atoms with Gasteiger partial charge in [0.25, 0.3) is 0 Å². The molecule has 0 aliphatic carbocycles. The molecule has 0 saturated heterocycles. The lowest BCUT2D eigenvalue weighted by atomic mass is 10.1. The Morgan fingerprint density at radius 2 is 0.971 bits per heavy atom. The number of rotatable bonds is 25. The first-order chi connectivity index (χ1) is 32.2. The van der Waals surface area contributed by atoms with Crippen LogP contribution in [0.2, 0.25) is 0 Å². The molecule has 1 heterocycles. The third-order valence-electron chi connectivity index (χ3n) is 7.31. The summed E-state index contributed by atoms with van der Waals surface area (Å²) in [6.45, 7) is 1.15. The highest BCUT2D eigenvalue weighted by molar-refractivity contribution is 9.45. The van der Waals surface area contributed by atoms with Crippen LogP contribution in [-0.2, 0) is 20.7 Å². The summed E-state index contributed by atoms with van der Waals surface area (Å²) in [5, 5.41) is 18.1. The first-order valence-electron chi connectivity index (χ1n) is 17.8. The third-order valence-corrected chi connectivity index (χ3v) is 227. The molecule has 0 aliphatic heterocycles. The van der Waals surface area contributed by atoms with E-state index in [9.17, 15) is 31.5 Å². The molecule has 0 spiro atoms. The average Bonchev–Trinajstić information content (AvgIpc) is 3.25. The molecule has 0 radical (unpaired) electrons. The van der Waals surface area contributed by atoms with E-state index in [0.29, 0.717) is 17.2 Å². The van der Waals surface area contributed by atoms with Crippen LogP contribution in [-0.4, -0.2) is 52.0 Å². The van der Waals surface area contributed by atoms with Crippen molar-refractivity contribution < 1.29 is 41.0 Å². The van der Waals surface area contributed by atoms with Crippen molar-refractivity contribution in [2.75, 3.05) is 19.8 Å². The van der Waals surface area contributed by atoms with E-state index < -0.39 is 47.2 Å². The molecule has 2 aromatic carbocycles. The number of aryl methyl sites for hydroxylation is 1. The minimum absolute atomic E-state index is 0.00868. The highest BCUT2D eigenvalue weighted by Gasteiger charge is 2.52. The van der Waals surface area contributed by atoms with Crippen LogP contribution in [0.4, 0.5) is 22.0 Å². The van der Waals surface area contributed by atoms with E-state index in [0.717, 1.165) is 13.5 Å². The molecule has 1 N–H and O–H groups in total. The summed E-state index contributed by atoms with van der Waals surface area (Å²) in [6, 6.07) is 6.91. The van der Waals surface area contributed by atoms with Gasteiger partial charge in [0.1, 0.15) is 0 Å². The van der Waals surface area contributed by atoms with Crippen molar-refractivity contribution in [3.05, 3.63) is 64.7 Å². The number of nitrogens with one attached hydrogen (secondary N) is 1. The number of hydrogen-bond acceptors (Lipinski definition) is 8. The Balaban J connectivity index is 0.000000476. The van der Waals surface area contributed by atoms with E-state index in [1.807, 2.05) is 0 Å². The van der Waals surface area contributed by atoms with Gasteiger partial charge in [0.15, 0.2) is 5.82 Å². The van der Waals surface area contributed by atoms with Gasteiger partial charge in [0, 0.05) is 12.1 Å². The number of nitrogens with zero attached hydrogens (tertiary/aromatic N) is 4. The Morgan fingerprint density at radius 3 is 1.36 bits per heavy atom. The predicted octanol–water partition coefficient (Wildman–Crippen LogP) is 21.7. The second-order valence-electron chi connectivity index (χ2n) is 12.3. The van der Waals surface area contributed by atoms with Crippen LogP contribution in [0.1, 0.15) is 17.8 Å². The molecule has 1 amide bonds. The Morgan fingerprint density at radius 1 is 0.565 bits per heavy atom. The standard InChI is InChI=1S/C22H18F5N5O4.H35P33/c1-11-29-31-22(32-30-11)13-4-2-12(3-5-13)10-14(33)28-7-9-35-8-6-15(34)36-21-19(26)17(24)16(23)18(25)20(21)27;1-18-27(19(2)3)31(26(16)17)33(30(24(12)13)25(14)15)32(28(20(4)5)21(6)7)29(22(8)9)23(10)11/h2-5H,6-10H2,1H3,(H,28,33);18H,1-17H2. The number of carbonyl (C=O) groups excluding carboxylic acids is 2. The predicted molar refractivity (Wildman–Crippen MR) is 389 cm³/mol. The van der Waals surface area contributed by atoms with Gasteiger partial charge in [-0.1, -0.05) is 32.2 Å². The van der Waals surface area contributed by atoms with Crippen LogP contribution in [0.5, 0.6) is 5.75 Å². The lowest BCUT2D eigenvalue weighted by Gasteiger charge is -2.53. The van der Waals surface area contributed by atoms with Gasteiger partial charge in [-0.15, -0.1) is 172 Å². The summed E-state index contributed by atoms with van der Waals surface area (Å²) in [5.41, 5.74) is 1.41. The molecule has 390 valence electrons. The normalized spacial score (nSPS) is 13.8. The highest BCUT2D eigenvalue weighted by atomic mass is 33.5. The van der Waals surface area contributed by atoms with Crippen LogP contribution < -0.4 is 10.1 Å². The van der Waals surface area contributed by atoms with Gasteiger partial charge in [-0.05, 0) is 117 Å². The summed E-state index contributed by atoms with van der Waals surface area (Å²) >= 11 is 0.